The average Bonchev–Trinajstić information content (AvgIpc) is 2.17. The summed E-state index contributed by atoms with van der Waals surface area (Å²) >= 11 is 0. The van der Waals surface area contributed by atoms with Crippen molar-refractivity contribution in [1.82, 2.24) is 0 Å². The third-order valence-electron chi connectivity index (χ3n) is 2.23. The molecule has 2 N–H and O–H groups in total. The third kappa shape index (κ3) is 1.49. The maximum Gasteiger partial charge on any atom is 0.196 e. The summed E-state index contributed by atoms with van der Waals surface area (Å²) in [6.07, 6.45) is 0. The molecule has 0 radical (unpaired) electrons. The van der Waals surface area contributed by atoms with Gasteiger partial charge in [0.05, 0.1) is 6.61 Å². The predicted octanol–water partition coefficient (Wildman–Crippen LogP) is 1.30. The van der Waals surface area contributed by atoms with Crippen LogP contribution in [0.25, 0.3) is 11.0 Å². The monoisotopic (exact) mass is 206 g/mol. The van der Waals surface area contributed by atoms with Crippen LogP contribution in [0.2, 0.25) is 0 Å². The summed E-state index contributed by atoms with van der Waals surface area (Å²) < 4.78 is 5.33. The molecule has 0 saturated carbocycles. The van der Waals surface area contributed by atoms with E-state index < -0.39 is 0 Å². The lowest BCUT2D eigenvalue weighted by atomic mass is 10.1. The zero-order chi connectivity index (χ0) is 11.0. The first-order chi connectivity index (χ1) is 7.13. The number of aromatic hydroxyl groups is 1. The number of phenolic OH excluding ortho intramolecular Hbond substituents is 1. The highest BCUT2D eigenvalue weighted by molar-refractivity contribution is 5.85. The highest BCUT2D eigenvalue weighted by Crippen LogP contribution is 2.25. The Morgan fingerprint density at radius 3 is 2.80 bits per heavy atom. The van der Waals surface area contributed by atoms with Crippen molar-refractivity contribution in [1.29, 1.82) is 0 Å². The van der Waals surface area contributed by atoms with E-state index in [0.717, 1.165) is 0 Å². The van der Waals surface area contributed by atoms with Crippen LogP contribution >= 0.6 is 0 Å². The van der Waals surface area contributed by atoms with E-state index in [1.54, 1.807) is 6.92 Å². The maximum absolute atomic E-state index is 11.6. The van der Waals surface area contributed by atoms with Gasteiger partial charge in [-0.1, -0.05) is 0 Å². The number of phenols is 1. The molecule has 0 aliphatic rings. The van der Waals surface area contributed by atoms with Crippen LogP contribution in [0.5, 0.6) is 5.75 Å². The second kappa shape index (κ2) is 3.40. The van der Waals surface area contributed by atoms with E-state index in [1.165, 1.54) is 18.2 Å². The molecule has 4 heteroatoms. The Kier molecular flexibility index (Phi) is 2.21. The Hall–Kier alpha value is -1.81. The summed E-state index contributed by atoms with van der Waals surface area (Å²) in [6, 6.07) is 4.21. The van der Waals surface area contributed by atoms with Gasteiger partial charge in [0.25, 0.3) is 0 Å². The van der Waals surface area contributed by atoms with Crippen molar-refractivity contribution < 1.29 is 14.6 Å². The van der Waals surface area contributed by atoms with Gasteiger partial charge in [0.2, 0.25) is 0 Å². The van der Waals surface area contributed by atoms with E-state index in [1.807, 2.05) is 0 Å². The molecule has 0 atom stereocenters. The first-order valence-electron chi connectivity index (χ1n) is 4.49. The lowest BCUT2D eigenvalue weighted by Gasteiger charge is -2.04. The molecule has 0 aliphatic heterocycles. The first kappa shape index (κ1) is 9.73. The van der Waals surface area contributed by atoms with Gasteiger partial charge in [0.1, 0.15) is 22.5 Å². The summed E-state index contributed by atoms with van der Waals surface area (Å²) in [5.41, 5.74) is 0.438. The number of aryl methyl sites for hydroxylation is 1. The molecule has 0 fully saturated rings. The number of benzene rings is 1. The molecule has 78 valence electrons. The second-order valence-electron chi connectivity index (χ2n) is 3.33. The minimum absolute atomic E-state index is 0.118. The van der Waals surface area contributed by atoms with Crippen LogP contribution in [0.3, 0.4) is 0 Å². The van der Waals surface area contributed by atoms with Crippen molar-refractivity contribution in [3.63, 3.8) is 0 Å². The molecule has 1 aromatic carbocycles. The van der Waals surface area contributed by atoms with E-state index in [0.29, 0.717) is 11.3 Å². The quantitative estimate of drug-likeness (QED) is 0.737. The fraction of sp³-hybridized carbons (Fsp3) is 0.182. The molecule has 15 heavy (non-hydrogen) atoms. The van der Waals surface area contributed by atoms with Crippen LogP contribution in [0, 0.1) is 6.92 Å². The highest BCUT2D eigenvalue weighted by atomic mass is 16.3. The first-order valence-corrected chi connectivity index (χ1v) is 4.49. The Balaban J connectivity index is 3.00. The summed E-state index contributed by atoms with van der Waals surface area (Å²) in [6.45, 7) is 1.41. The van der Waals surface area contributed by atoms with Gasteiger partial charge in [-0.05, 0) is 19.1 Å². The molecule has 0 spiro atoms. The molecule has 0 aliphatic carbocycles. The number of aliphatic hydroxyl groups is 1. The van der Waals surface area contributed by atoms with Gasteiger partial charge in [-0.15, -0.1) is 0 Å². The fourth-order valence-electron chi connectivity index (χ4n) is 1.54. The lowest BCUT2D eigenvalue weighted by molar-refractivity contribution is 0.281. The SMILES string of the molecule is Cc1cc(=O)c2c(O)ccc(CO)c2o1. The highest BCUT2D eigenvalue weighted by Gasteiger charge is 2.11. The number of aliphatic hydroxyl groups excluding tert-OH is 1. The van der Waals surface area contributed by atoms with Gasteiger partial charge in [-0.25, -0.2) is 0 Å². The average molecular weight is 206 g/mol. The molecular formula is C11H10O4. The van der Waals surface area contributed by atoms with Gasteiger partial charge in [-0.3, -0.25) is 4.79 Å². The van der Waals surface area contributed by atoms with Gasteiger partial charge in [-0.2, -0.15) is 0 Å². The van der Waals surface area contributed by atoms with Crippen LogP contribution < -0.4 is 5.43 Å². The van der Waals surface area contributed by atoms with Crippen LogP contribution in [0.15, 0.2) is 27.4 Å². The van der Waals surface area contributed by atoms with E-state index in [-0.39, 0.29) is 28.8 Å². The van der Waals surface area contributed by atoms with Crippen LogP contribution in [0.1, 0.15) is 11.3 Å². The van der Waals surface area contributed by atoms with Crippen molar-refractivity contribution >= 4 is 11.0 Å². The minimum Gasteiger partial charge on any atom is -0.507 e. The zero-order valence-electron chi connectivity index (χ0n) is 8.15. The molecule has 4 nitrogen and oxygen atoms in total. The molecule has 1 aromatic heterocycles. The Morgan fingerprint density at radius 1 is 1.40 bits per heavy atom. The molecule has 2 rings (SSSR count). The van der Waals surface area contributed by atoms with Crippen molar-refractivity contribution in [3.05, 3.63) is 39.7 Å². The van der Waals surface area contributed by atoms with Crippen LogP contribution in [0.4, 0.5) is 0 Å². The molecule has 0 bridgehead atoms. The second-order valence-corrected chi connectivity index (χ2v) is 3.33. The minimum atomic E-state index is -0.304. The van der Waals surface area contributed by atoms with Crippen LogP contribution in [-0.2, 0) is 6.61 Å². The molecule has 0 unspecified atom stereocenters. The van der Waals surface area contributed by atoms with E-state index >= 15 is 0 Å². The van der Waals surface area contributed by atoms with Crippen LogP contribution in [-0.4, -0.2) is 10.2 Å². The summed E-state index contributed by atoms with van der Waals surface area (Å²) in [5, 5.41) is 18.7. The molecular weight excluding hydrogens is 196 g/mol. The summed E-state index contributed by atoms with van der Waals surface area (Å²) in [4.78, 5) is 11.6. The normalized spacial score (nSPS) is 10.8. The zero-order valence-corrected chi connectivity index (χ0v) is 8.15. The largest absolute Gasteiger partial charge is 0.507 e. The van der Waals surface area contributed by atoms with Gasteiger partial charge < -0.3 is 14.6 Å². The topological polar surface area (TPSA) is 70.7 Å². The Bertz CT molecular complexity index is 569. The lowest BCUT2D eigenvalue weighted by Crippen LogP contribution is -2.02. The number of fused-ring (bicyclic) bond motifs is 1. The molecule has 2 aromatic rings. The van der Waals surface area contributed by atoms with Crippen molar-refractivity contribution in [2.45, 2.75) is 13.5 Å². The number of hydrogen-bond acceptors (Lipinski definition) is 4. The van der Waals surface area contributed by atoms with Gasteiger partial charge >= 0.3 is 0 Å². The van der Waals surface area contributed by atoms with E-state index in [9.17, 15) is 9.90 Å². The van der Waals surface area contributed by atoms with Gasteiger partial charge in [0, 0.05) is 11.6 Å². The smallest absolute Gasteiger partial charge is 0.196 e. The third-order valence-corrected chi connectivity index (χ3v) is 2.23. The Morgan fingerprint density at radius 2 is 2.13 bits per heavy atom. The fourth-order valence-corrected chi connectivity index (χ4v) is 1.54. The molecule has 0 saturated heterocycles. The van der Waals surface area contributed by atoms with Crippen molar-refractivity contribution in [2.75, 3.05) is 0 Å². The van der Waals surface area contributed by atoms with E-state index in [4.69, 9.17) is 9.52 Å². The predicted molar refractivity (Wildman–Crippen MR) is 54.8 cm³/mol. The Labute approximate surface area is 85.4 Å². The number of rotatable bonds is 1. The van der Waals surface area contributed by atoms with Gasteiger partial charge in [0.15, 0.2) is 5.43 Å². The van der Waals surface area contributed by atoms with Crippen molar-refractivity contribution in [2.24, 2.45) is 0 Å². The maximum atomic E-state index is 11.6. The summed E-state index contributed by atoms with van der Waals surface area (Å²) in [7, 11) is 0. The summed E-state index contributed by atoms with van der Waals surface area (Å²) in [5.74, 6) is 0.323. The standard InChI is InChI=1S/C11H10O4/c1-6-4-9(14)10-8(13)3-2-7(5-12)11(10)15-6/h2-4,12-13H,5H2,1H3. The van der Waals surface area contributed by atoms with E-state index in [2.05, 4.69) is 0 Å². The number of hydrogen-bond donors (Lipinski definition) is 2. The molecule has 1 heterocycles. The van der Waals surface area contributed by atoms with Crippen molar-refractivity contribution in [3.8, 4) is 5.75 Å². The molecule has 0 amide bonds.